The number of sulfonamides is 1. The molecule has 7 nitrogen and oxygen atoms in total. The molecule has 2 aromatic rings. The number of carbonyl (C=O) groups excluding carboxylic acids is 2. The van der Waals surface area contributed by atoms with Gasteiger partial charge in [0.25, 0.3) is 0 Å². The smallest absolute Gasteiger partial charge is 0.244 e. The molecule has 0 radical (unpaired) electrons. The highest BCUT2D eigenvalue weighted by molar-refractivity contribution is 7.92. The number of benzene rings is 2. The first kappa shape index (κ1) is 27.5. The van der Waals surface area contributed by atoms with Crippen LogP contribution in [0.4, 0.5) is 5.69 Å². The van der Waals surface area contributed by atoms with E-state index in [9.17, 15) is 18.0 Å². The number of halogens is 4. The fraction of sp³-hybridized carbons (Fsp3) is 0.333. The lowest BCUT2D eigenvalue weighted by molar-refractivity contribution is -0.139. The molecule has 0 spiro atoms. The quantitative estimate of drug-likeness (QED) is 0.490. The Labute approximate surface area is 213 Å². The molecule has 0 aliphatic rings. The molecule has 0 saturated carbocycles. The van der Waals surface area contributed by atoms with Crippen molar-refractivity contribution in [2.75, 3.05) is 23.7 Å². The van der Waals surface area contributed by atoms with Crippen LogP contribution in [0.5, 0.6) is 0 Å². The Balaban J connectivity index is 2.43. The second-order valence-electron chi connectivity index (χ2n) is 7.21. The van der Waals surface area contributed by atoms with Gasteiger partial charge in [0.1, 0.15) is 12.6 Å². The van der Waals surface area contributed by atoms with Crippen molar-refractivity contribution in [3.8, 4) is 0 Å². The Morgan fingerprint density at radius 3 is 2.21 bits per heavy atom. The standard InChI is InChI=1S/C21H23Cl4N3O4S/c1-4-26-21(30)13(2)27(11-14-5-7-16(23)17(24)9-14)20(29)12-28(33(3,31)32)19-8-6-15(22)10-18(19)25/h5-10,13H,4,11-12H2,1-3H3,(H,26,30). The maximum absolute atomic E-state index is 13.4. The second kappa shape index (κ2) is 11.6. The van der Waals surface area contributed by atoms with E-state index < -0.39 is 28.5 Å². The minimum atomic E-state index is -3.90. The molecule has 0 saturated heterocycles. The summed E-state index contributed by atoms with van der Waals surface area (Å²) in [4.78, 5) is 27.2. The zero-order valence-corrected chi connectivity index (χ0v) is 22.0. The third kappa shape index (κ3) is 7.39. The van der Waals surface area contributed by atoms with Crippen LogP contribution in [0.25, 0.3) is 0 Å². The molecule has 1 unspecified atom stereocenters. The summed E-state index contributed by atoms with van der Waals surface area (Å²) in [5.74, 6) is -1.00. The minimum absolute atomic E-state index is 0.0000247. The zero-order valence-electron chi connectivity index (χ0n) is 18.1. The summed E-state index contributed by atoms with van der Waals surface area (Å²) in [5, 5.41) is 3.68. The Kier molecular flexibility index (Phi) is 9.70. The molecule has 33 heavy (non-hydrogen) atoms. The van der Waals surface area contributed by atoms with Crippen molar-refractivity contribution in [1.29, 1.82) is 0 Å². The van der Waals surface area contributed by atoms with Crippen molar-refractivity contribution in [1.82, 2.24) is 10.2 Å². The van der Waals surface area contributed by atoms with Crippen LogP contribution in [0.1, 0.15) is 19.4 Å². The molecule has 2 rings (SSSR count). The lowest BCUT2D eigenvalue weighted by Gasteiger charge is -2.31. The van der Waals surface area contributed by atoms with Crippen LogP contribution in [-0.4, -0.2) is 50.5 Å². The second-order valence-corrected chi connectivity index (χ2v) is 10.8. The molecule has 12 heteroatoms. The van der Waals surface area contributed by atoms with Gasteiger partial charge in [-0.25, -0.2) is 8.42 Å². The molecule has 0 aromatic heterocycles. The number of likely N-dealkylation sites (N-methyl/N-ethyl adjacent to an activating group) is 1. The molecule has 1 N–H and O–H groups in total. The van der Waals surface area contributed by atoms with Gasteiger partial charge in [-0.3, -0.25) is 13.9 Å². The first-order valence-corrected chi connectivity index (χ1v) is 13.1. The lowest BCUT2D eigenvalue weighted by Crippen LogP contribution is -2.51. The van der Waals surface area contributed by atoms with Crippen molar-refractivity contribution in [2.24, 2.45) is 0 Å². The van der Waals surface area contributed by atoms with Gasteiger partial charge in [0, 0.05) is 18.1 Å². The van der Waals surface area contributed by atoms with Gasteiger partial charge in [0.05, 0.1) is 27.0 Å². The number of nitrogens with zero attached hydrogens (tertiary/aromatic N) is 2. The normalized spacial score (nSPS) is 12.2. The highest BCUT2D eigenvalue weighted by atomic mass is 35.5. The van der Waals surface area contributed by atoms with Crippen molar-refractivity contribution >= 4 is 73.9 Å². The van der Waals surface area contributed by atoms with Gasteiger partial charge in [0.2, 0.25) is 21.8 Å². The Morgan fingerprint density at radius 1 is 1.00 bits per heavy atom. The maximum Gasteiger partial charge on any atom is 0.244 e. The Hall–Kier alpha value is -1.71. The third-order valence-corrected chi connectivity index (χ3v) is 7.12. The van der Waals surface area contributed by atoms with Crippen LogP contribution in [0.3, 0.4) is 0 Å². The van der Waals surface area contributed by atoms with Crippen LogP contribution in [0, 0.1) is 0 Å². The average molecular weight is 555 g/mol. The van der Waals surface area contributed by atoms with Gasteiger partial charge in [-0.2, -0.15) is 0 Å². The Bertz CT molecular complexity index is 1140. The number of nitrogens with one attached hydrogen (secondary N) is 1. The van der Waals surface area contributed by atoms with Crippen LogP contribution in [-0.2, 0) is 26.2 Å². The first-order valence-electron chi connectivity index (χ1n) is 9.79. The number of carbonyl (C=O) groups is 2. The number of hydrogen-bond acceptors (Lipinski definition) is 4. The topological polar surface area (TPSA) is 86.8 Å². The molecular weight excluding hydrogens is 532 g/mol. The number of amides is 2. The van der Waals surface area contributed by atoms with Crippen LogP contribution in [0.15, 0.2) is 36.4 Å². The molecule has 2 aromatic carbocycles. The molecule has 0 heterocycles. The monoisotopic (exact) mass is 553 g/mol. The van der Waals surface area contributed by atoms with Crippen LogP contribution >= 0.6 is 46.4 Å². The summed E-state index contributed by atoms with van der Waals surface area (Å²) in [5.41, 5.74) is 0.710. The molecule has 1 atom stereocenters. The minimum Gasteiger partial charge on any atom is -0.355 e. The van der Waals surface area contributed by atoms with Gasteiger partial charge in [-0.1, -0.05) is 52.5 Å². The molecule has 0 aliphatic carbocycles. The molecule has 0 aliphatic heterocycles. The van der Waals surface area contributed by atoms with Gasteiger partial charge < -0.3 is 10.2 Å². The summed E-state index contributed by atoms with van der Waals surface area (Å²) >= 11 is 24.2. The number of hydrogen-bond donors (Lipinski definition) is 1. The van der Waals surface area contributed by atoms with Crippen LogP contribution < -0.4 is 9.62 Å². The number of anilines is 1. The van der Waals surface area contributed by atoms with Gasteiger partial charge in [-0.15, -0.1) is 0 Å². The Morgan fingerprint density at radius 2 is 1.67 bits per heavy atom. The van der Waals surface area contributed by atoms with E-state index in [0.29, 0.717) is 22.2 Å². The van der Waals surface area contributed by atoms with Gasteiger partial charge >= 0.3 is 0 Å². The molecule has 2 amide bonds. The van der Waals surface area contributed by atoms with Crippen LogP contribution in [0.2, 0.25) is 20.1 Å². The molecule has 0 fully saturated rings. The largest absolute Gasteiger partial charge is 0.355 e. The van der Waals surface area contributed by atoms with E-state index in [4.69, 9.17) is 46.4 Å². The summed E-state index contributed by atoms with van der Waals surface area (Å²) in [6.45, 7) is 3.10. The fourth-order valence-corrected chi connectivity index (χ4v) is 4.76. The highest BCUT2D eigenvalue weighted by Gasteiger charge is 2.30. The zero-order chi connectivity index (χ0) is 24.9. The van der Waals surface area contributed by atoms with E-state index in [-0.39, 0.29) is 28.2 Å². The molecule has 0 bridgehead atoms. The van der Waals surface area contributed by atoms with E-state index >= 15 is 0 Å². The number of rotatable bonds is 9. The molecular formula is C21H23Cl4N3O4S. The summed E-state index contributed by atoms with van der Waals surface area (Å²) in [6, 6.07) is 8.20. The lowest BCUT2D eigenvalue weighted by atomic mass is 10.1. The first-order chi connectivity index (χ1) is 15.3. The third-order valence-electron chi connectivity index (χ3n) is 4.71. The van der Waals surface area contributed by atoms with E-state index in [2.05, 4.69) is 5.32 Å². The van der Waals surface area contributed by atoms with E-state index in [1.54, 1.807) is 32.0 Å². The summed E-state index contributed by atoms with van der Waals surface area (Å²) < 4.78 is 25.9. The summed E-state index contributed by atoms with van der Waals surface area (Å²) in [7, 11) is -3.90. The van der Waals surface area contributed by atoms with Crippen molar-refractivity contribution in [3.05, 3.63) is 62.1 Å². The SMILES string of the molecule is CCNC(=O)C(C)N(Cc1ccc(Cl)c(Cl)c1)C(=O)CN(c1ccc(Cl)cc1Cl)S(C)(=O)=O. The van der Waals surface area contributed by atoms with Gasteiger partial charge in [0.15, 0.2) is 0 Å². The van der Waals surface area contributed by atoms with Crippen molar-refractivity contribution in [3.63, 3.8) is 0 Å². The van der Waals surface area contributed by atoms with E-state index in [1.807, 2.05) is 0 Å². The fourth-order valence-electron chi connectivity index (χ4n) is 3.02. The maximum atomic E-state index is 13.4. The van der Waals surface area contributed by atoms with E-state index in [1.165, 1.54) is 23.1 Å². The average Bonchev–Trinajstić information content (AvgIpc) is 2.72. The highest BCUT2D eigenvalue weighted by Crippen LogP contribution is 2.31. The van der Waals surface area contributed by atoms with E-state index in [0.717, 1.165) is 10.6 Å². The predicted octanol–water partition coefficient (Wildman–Crippen LogP) is 4.62. The summed E-state index contributed by atoms with van der Waals surface area (Å²) in [6.07, 6.45) is 0.960. The van der Waals surface area contributed by atoms with Gasteiger partial charge in [-0.05, 0) is 49.7 Å². The molecule has 180 valence electrons. The van der Waals surface area contributed by atoms with Crippen molar-refractivity contribution in [2.45, 2.75) is 26.4 Å². The van der Waals surface area contributed by atoms with Crippen molar-refractivity contribution < 1.29 is 18.0 Å². The predicted molar refractivity (Wildman–Crippen MR) is 134 cm³/mol.